The topological polar surface area (TPSA) is 41.9 Å². The van der Waals surface area contributed by atoms with Gasteiger partial charge in [-0.3, -0.25) is 0 Å². The summed E-state index contributed by atoms with van der Waals surface area (Å²) in [5.41, 5.74) is 0. The Morgan fingerprint density at radius 1 is 1.06 bits per heavy atom. The van der Waals surface area contributed by atoms with Crippen LogP contribution in [0.15, 0.2) is 0 Å². The fraction of sp³-hybridized carbons (Fsp3) is 0.750. The van der Waals surface area contributed by atoms with E-state index in [1.165, 1.54) is 32.1 Å². The van der Waals surface area contributed by atoms with E-state index in [2.05, 4.69) is 26.8 Å². The van der Waals surface area contributed by atoms with Gasteiger partial charge in [-0.25, -0.2) is 0 Å². The average molecular weight is 289 g/mol. The fourth-order valence-corrected chi connectivity index (χ4v) is 2.93. The number of hydrogen-bond acceptors (Lipinski definition) is 4. The minimum absolute atomic E-state index is 0.152. The molecule has 0 amide bonds. The third kappa shape index (κ3) is 3.23. The van der Waals surface area contributed by atoms with E-state index < -0.39 is 0 Å². The van der Waals surface area contributed by atoms with Crippen molar-refractivity contribution in [1.82, 2.24) is 15.0 Å². The van der Waals surface area contributed by atoms with Gasteiger partial charge in [0, 0.05) is 13.1 Å². The van der Waals surface area contributed by atoms with Crippen molar-refractivity contribution in [2.45, 2.75) is 45.1 Å². The molecular weight excluding hydrogens is 271 g/mol. The van der Waals surface area contributed by atoms with E-state index in [9.17, 15) is 0 Å². The molecule has 1 saturated carbocycles. The lowest BCUT2D eigenvalue weighted by molar-refractivity contribution is 0.312. The van der Waals surface area contributed by atoms with Gasteiger partial charge in [0.1, 0.15) is 0 Å². The zero-order valence-electron chi connectivity index (χ0n) is 10.7. The highest BCUT2D eigenvalue weighted by atomic mass is 35.5. The number of anilines is 1. The van der Waals surface area contributed by atoms with Crippen LogP contribution < -0.4 is 4.90 Å². The lowest BCUT2D eigenvalue weighted by Gasteiger charge is -2.34. The molecule has 0 unspecified atom stereocenters. The third-order valence-corrected chi connectivity index (χ3v) is 4.16. The van der Waals surface area contributed by atoms with Crippen molar-refractivity contribution in [2.75, 3.05) is 11.9 Å². The molecule has 1 aromatic rings. The minimum Gasteiger partial charge on any atom is -0.341 e. The fourth-order valence-electron chi connectivity index (χ4n) is 2.58. The van der Waals surface area contributed by atoms with Crippen LogP contribution in [-0.2, 0) is 0 Å². The van der Waals surface area contributed by atoms with Crippen molar-refractivity contribution in [1.29, 1.82) is 0 Å². The Kier molecular flexibility index (Phi) is 4.62. The van der Waals surface area contributed by atoms with Crippen LogP contribution in [0.4, 0.5) is 5.95 Å². The Morgan fingerprint density at radius 3 is 2.11 bits per heavy atom. The van der Waals surface area contributed by atoms with Crippen LogP contribution >= 0.6 is 23.2 Å². The van der Waals surface area contributed by atoms with Gasteiger partial charge in [-0.15, -0.1) is 0 Å². The maximum atomic E-state index is 5.81. The van der Waals surface area contributed by atoms with E-state index in [-0.39, 0.29) is 10.6 Å². The van der Waals surface area contributed by atoms with Crippen molar-refractivity contribution in [3.63, 3.8) is 0 Å². The van der Waals surface area contributed by atoms with Gasteiger partial charge < -0.3 is 4.90 Å². The van der Waals surface area contributed by atoms with Gasteiger partial charge >= 0.3 is 0 Å². The zero-order chi connectivity index (χ0) is 13.1. The second-order valence-electron chi connectivity index (χ2n) is 4.87. The molecule has 1 heterocycles. The molecule has 0 spiro atoms. The molecule has 6 heteroatoms. The molecule has 0 aromatic carbocycles. The lowest BCUT2D eigenvalue weighted by Crippen LogP contribution is -2.36. The second kappa shape index (κ2) is 6.02. The summed E-state index contributed by atoms with van der Waals surface area (Å²) in [7, 11) is 2.00. The monoisotopic (exact) mass is 288 g/mol. The van der Waals surface area contributed by atoms with Crippen molar-refractivity contribution in [3.05, 3.63) is 10.6 Å². The molecule has 0 N–H and O–H groups in total. The molecule has 0 aliphatic heterocycles. The van der Waals surface area contributed by atoms with Gasteiger partial charge in [0.25, 0.3) is 0 Å². The Hall–Kier alpha value is -0.610. The molecule has 100 valence electrons. The summed E-state index contributed by atoms with van der Waals surface area (Å²) < 4.78 is 0. The van der Waals surface area contributed by atoms with Gasteiger partial charge in [-0.2, -0.15) is 15.0 Å². The maximum absolute atomic E-state index is 5.81. The van der Waals surface area contributed by atoms with Gasteiger partial charge in [-0.1, -0.05) is 13.3 Å². The highest BCUT2D eigenvalue weighted by Crippen LogP contribution is 2.30. The molecule has 1 fully saturated rings. The average Bonchev–Trinajstić information content (AvgIpc) is 2.37. The predicted octanol–water partition coefficient (Wildman–Crippen LogP) is 3.58. The maximum Gasteiger partial charge on any atom is 0.230 e. The predicted molar refractivity (Wildman–Crippen MR) is 74.3 cm³/mol. The molecule has 0 bridgehead atoms. The summed E-state index contributed by atoms with van der Waals surface area (Å²) in [6.07, 6.45) is 6.18. The summed E-state index contributed by atoms with van der Waals surface area (Å²) in [6.45, 7) is 2.26. The smallest absolute Gasteiger partial charge is 0.230 e. The Labute approximate surface area is 118 Å². The normalized spacial score (nSPS) is 24.0. The summed E-state index contributed by atoms with van der Waals surface area (Å²) in [4.78, 5) is 14.1. The summed E-state index contributed by atoms with van der Waals surface area (Å²) in [5, 5.41) is 0.304. The van der Waals surface area contributed by atoms with E-state index in [4.69, 9.17) is 23.2 Å². The van der Waals surface area contributed by atoms with Crippen molar-refractivity contribution < 1.29 is 0 Å². The quantitative estimate of drug-likeness (QED) is 0.853. The van der Waals surface area contributed by atoms with Crippen LogP contribution in [0.25, 0.3) is 0 Å². The number of halogens is 2. The van der Waals surface area contributed by atoms with Gasteiger partial charge in [0.05, 0.1) is 0 Å². The first-order valence-corrected chi connectivity index (χ1v) is 7.15. The van der Waals surface area contributed by atoms with Crippen LogP contribution in [0.1, 0.15) is 39.0 Å². The van der Waals surface area contributed by atoms with Crippen LogP contribution in [0, 0.1) is 5.92 Å². The summed E-state index contributed by atoms with van der Waals surface area (Å²) >= 11 is 11.6. The van der Waals surface area contributed by atoms with E-state index >= 15 is 0 Å². The van der Waals surface area contributed by atoms with Gasteiger partial charge in [0.2, 0.25) is 16.5 Å². The van der Waals surface area contributed by atoms with Crippen LogP contribution in [0.2, 0.25) is 10.6 Å². The Balaban J connectivity index is 2.05. The first-order valence-electron chi connectivity index (χ1n) is 6.40. The second-order valence-corrected chi connectivity index (χ2v) is 5.54. The molecule has 1 aliphatic carbocycles. The largest absolute Gasteiger partial charge is 0.341 e. The number of aromatic nitrogens is 3. The van der Waals surface area contributed by atoms with Crippen LogP contribution in [0.5, 0.6) is 0 Å². The number of rotatable bonds is 3. The summed E-state index contributed by atoms with van der Waals surface area (Å²) in [6, 6.07) is 0.474. The van der Waals surface area contributed by atoms with Crippen LogP contribution in [-0.4, -0.2) is 28.0 Å². The highest BCUT2D eigenvalue weighted by Gasteiger charge is 2.24. The molecule has 2 rings (SSSR count). The zero-order valence-corrected chi connectivity index (χ0v) is 12.2. The SMILES string of the molecule is CCC1CCC(N(C)c2nc(Cl)nc(Cl)n2)CC1. The molecule has 0 atom stereocenters. The molecule has 4 nitrogen and oxygen atoms in total. The summed E-state index contributed by atoms with van der Waals surface area (Å²) in [5.74, 6) is 1.44. The van der Waals surface area contributed by atoms with E-state index in [1.807, 2.05) is 7.05 Å². The lowest BCUT2D eigenvalue weighted by atomic mass is 9.84. The molecular formula is C12H18Cl2N4. The Morgan fingerprint density at radius 2 is 1.61 bits per heavy atom. The Bertz CT molecular complexity index is 385. The minimum atomic E-state index is 0.152. The third-order valence-electron chi connectivity index (χ3n) is 3.83. The molecule has 1 aliphatic rings. The van der Waals surface area contributed by atoms with E-state index in [0.29, 0.717) is 12.0 Å². The van der Waals surface area contributed by atoms with E-state index in [1.54, 1.807) is 0 Å². The standard InChI is InChI=1S/C12H18Cl2N4/c1-3-8-4-6-9(7-5-8)18(2)12-16-10(13)15-11(14)17-12/h8-9H,3-7H2,1-2H3. The molecule has 1 aromatic heterocycles. The first-order chi connectivity index (χ1) is 8.60. The molecule has 18 heavy (non-hydrogen) atoms. The number of hydrogen-bond donors (Lipinski definition) is 0. The van der Waals surface area contributed by atoms with Gasteiger partial charge in [-0.05, 0) is 54.8 Å². The number of nitrogens with zero attached hydrogens (tertiary/aromatic N) is 4. The molecule has 0 saturated heterocycles. The first kappa shape index (κ1) is 13.8. The van der Waals surface area contributed by atoms with Crippen molar-refractivity contribution in [3.8, 4) is 0 Å². The van der Waals surface area contributed by atoms with Crippen molar-refractivity contribution >= 4 is 29.2 Å². The van der Waals surface area contributed by atoms with E-state index in [0.717, 1.165) is 5.92 Å². The highest BCUT2D eigenvalue weighted by molar-refractivity contribution is 6.31. The molecule has 0 radical (unpaired) electrons. The van der Waals surface area contributed by atoms with Crippen molar-refractivity contribution in [2.24, 2.45) is 5.92 Å². The van der Waals surface area contributed by atoms with Crippen LogP contribution in [0.3, 0.4) is 0 Å². The van der Waals surface area contributed by atoms with Gasteiger partial charge in [0.15, 0.2) is 0 Å².